The summed E-state index contributed by atoms with van der Waals surface area (Å²) < 4.78 is 39.7. The molecule has 0 bridgehead atoms. The molecular weight excluding hydrogens is 295 g/mol. The first-order valence-electron chi connectivity index (χ1n) is 6.96. The Morgan fingerprint density at radius 2 is 2.18 bits per heavy atom. The highest BCUT2D eigenvalue weighted by Crippen LogP contribution is 2.38. The number of piperidine rings is 1. The van der Waals surface area contributed by atoms with Gasteiger partial charge in [-0.3, -0.25) is 4.79 Å². The molecule has 7 heteroatoms. The third-order valence-corrected chi connectivity index (χ3v) is 3.78. The Morgan fingerprint density at radius 1 is 1.45 bits per heavy atom. The normalized spacial score (nSPS) is 18.8. The van der Waals surface area contributed by atoms with E-state index >= 15 is 0 Å². The molecular formula is C15H16F3N3O. The van der Waals surface area contributed by atoms with Crippen molar-refractivity contribution in [3.63, 3.8) is 0 Å². The van der Waals surface area contributed by atoms with Gasteiger partial charge in [0.1, 0.15) is 0 Å². The molecule has 1 aromatic rings. The molecule has 1 heterocycles. The monoisotopic (exact) mass is 311 g/mol. The summed E-state index contributed by atoms with van der Waals surface area (Å²) in [5, 5.41) is 8.79. The van der Waals surface area contributed by atoms with Gasteiger partial charge in [-0.1, -0.05) is 0 Å². The third kappa shape index (κ3) is 3.70. The molecule has 1 amide bonds. The van der Waals surface area contributed by atoms with E-state index in [-0.39, 0.29) is 23.6 Å². The smallest absolute Gasteiger partial charge is 0.371 e. The molecule has 1 aliphatic heterocycles. The number of halogens is 3. The van der Waals surface area contributed by atoms with E-state index in [4.69, 9.17) is 11.0 Å². The van der Waals surface area contributed by atoms with Crippen LogP contribution in [0.25, 0.3) is 0 Å². The van der Waals surface area contributed by atoms with Gasteiger partial charge in [-0.15, -0.1) is 0 Å². The summed E-state index contributed by atoms with van der Waals surface area (Å²) in [5.41, 5.74) is 4.39. The number of hydrogen-bond acceptors (Lipinski definition) is 3. The minimum absolute atomic E-state index is 0.0261. The molecule has 1 atom stereocenters. The Bertz CT molecular complexity index is 607. The summed E-state index contributed by atoms with van der Waals surface area (Å²) in [4.78, 5) is 12.6. The molecule has 0 saturated carbocycles. The first-order valence-corrected chi connectivity index (χ1v) is 6.96. The molecule has 4 nitrogen and oxygen atoms in total. The van der Waals surface area contributed by atoms with Crippen LogP contribution in [0, 0.1) is 17.2 Å². The van der Waals surface area contributed by atoms with Crippen molar-refractivity contribution in [2.75, 3.05) is 18.0 Å². The van der Waals surface area contributed by atoms with Crippen LogP contribution in [0.2, 0.25) is 0 Å². The lowest BCUT2D eigenvalue weighted by molar-refractivity contribution is -0.137. The molecule has 0 radical (unpaired) electrons. The van der Waals surface area contributed by atoms with Crippen molar-refractivity contribution in [2.45, 2.75) is 25.4 Å². The summed E-state index contributed by atoms with van der Waals surface area (Å²) in [7, 11) is 0. The topological polar surface area (TPSA) is 70.1 Å². The third-order valence-electron chi connectivity index (χ3n) is 3.78. The maximum Gasteiger partial charge on any atom is 0.418 e. The van der Waals surface area contributed by atoms with Crippen LogP contribution >= 0.6 is 0 Å². The van der Waals surface area contributed by atoms with E-state index in [1.807, 2.05) is 0 Å². The average Bonchev–Trinajstić information content (AvgIpc) is 2.45. The number of alkyl halides is 3. The molecule has 1 unspecified atom stereocenters. The van der Waals surface area contributed by atoms with Crippen LogP contribution < -0.4 is 10.6 Å². The number of nitrogens with zero attached hydrogens (tertiary/aromatic N) is 2. The van der Waals surface area contributed by atoms with Crippen molar-refractivity contribution in [3.8, 4) is 6.07 Å². The van der Waals surface area contributed by atoms with E-state index in [9.17, 15) is 18.0 Å². The Balaban J connectivity index is 2.31. The van der Waals surface area contributed by atoms with E-state index in [0.29, 0.717) is 19.5 Å². The second-order valence-corrected chi connectivity index (χ2v) is 5.47. The zero-order valence-corrected chi connectivity index (χ0v) is 11.9. The number of carbonyl (C=O) groups is 1. The molecule has 1 saturated heterocycles. The zero-order valence-electron chi connectivity index (χ0n) is 11.9. The molecule has 2 rings (SSSR count). The summed E-state index contributed by atoms with van der Waals surface area (Å²) in [6, 6.07) is 5.30. The quantitative estimate of drug-likeness (QED) is 0.933. The molecule has 1 aromatic carbocycles. The van der Waals surface area contributed by atoms with Crippen molar-refractivity contribution in [1.82, 2.24) is 0 Å². The Morgan fingerprint density at radius 3 is 2.77 bits per heavy atom. The average molecular weight is 311 g/mol. The van der Waals surface area contributed by atoms with Gasteiger partial charge in [-0.25, -0.2) is 0 Å². The minimum Gasteiger partial charge on any atom is -0.371 e. The molecule has 22 heavy (non-hydrogen) atoms. The van der Waals surface area contributed by atoms with Gasteiger partial charge in [0.05, 0.1) is 17.2 Å². The van der Waals surface area contributed by atoms with E-state index in [1.54, 1.807) is 11.0 Å². The highest BCUT2D eigenvalue weighted by atomic mass is 19.4. The number of anilines is 1. The zero-order chi connectivity index (χ0) is 16.3. The lowest BCUT2D eigenvalue weighted by atomic mass is 9.93. The van der Waals surface area contributed by atoms with E-state index in [1.165, 1.54) is 12.1 Å². The number of benzene rings is 1. The van der Waals surface area contributed by atoms with Crippen LogP contribution in [0.3, 0.4) is 0 Å². The van der Waals surface area contributed by atoms with Crippen molar-refractivity contribution in [3.05, 3.63) is 29.3 Å². The highest BCUT2D eigenvalue weighted by Gasteiger charge is 2.36. The molecule has 118 valence electrons. The first kappa shape index (κ1) is 16.1. The van der Waals surface area contributed by atoms with E-state index in [0.717, 1.165) is 12.5 Å². The van der Waals surface area contributed by atoms with Gasteiger partial charge in [0, 0.05) is 25.2 Å². The molecule has 1 aliphatic rings. The summed E-state index contributed by atoms with van der Waals surface area (Å²) in [5.74, 6) is -0.481. The van der Waals surface area contributed by atoms with Gasteiger partial charge < -0.3 is 10.6 Å². The van der Waals surface area contributed by atoms with E-state index < -0.39 is 17.6 Å². The Hall–Kier alpha value is -2.23. The van der Waals surface area contributed by atoms with Crippen molar-refractivity contribution in [2.24, 2.45) is 11.7 Å². The van der Waals surface area contributed by atoms with Gasteiger partial charge in [0.2, 0.25) is 5.91 Å². The number of carbonyl (C=O) groups excluding carboxylic acids is 1. The van der Waals surface area contributed by atoms with Gasteiger partial charge in [-0.2, -0.15) is 18.4 Å². The number of hydrogen-bond donors (Lipinski definition) is 1. The van der Waals surface area contributed by atoms with Gasteiger partial charge in [-0.05, 0) is 37.0 Å². The molecule has 1 fully saturated rings. The lowest BCUT2D eigenvalue weighted by Crippen LogP contribution is -2.38. The second-order valence-electron chi connectivity index (χ2n) is 5.47. The first-order chi connectivity index (χ1) is 10.3. The highest BCUT2D eigenvalue weighted by molar-refractivity contribution is 5.74. The fourth-order valence-corrected chi connectivity index (χ4v) is 2.84. The molecule has 2 N–H and O–H groups in total. The summed E-state index contributed by atoms with van der Waals surface area (Å²) in [6.07, 6.45) is -2.88. The molecule has 0 aliphatic carbocycles. The van der Waals surface area contributed by atoms with Crippen LogP contribution in [0.1, 0.15) is 30.4 Å². The minimum atomic E-state index is -4.53. The SMILES string of the molecule is N#Cc1ccc(N2CCCC(CC(N)=O)C2)c(C(F)(F)F)c1. The van der Waals surface area contributed by atoms with Crippen LogP contribution in [0.15, 0.2) is 18.2 Å². The largest absolute Gasteiger partial charge is 0.418 e. The Labute approximate surface area is 126 Å². The number of nitrogens with two attached hydrogens (primary N) is 1. The molecule has 0 aromatic heterocycles. The standard InChI is InChI=1S/C15H16F3N3O/c16-15(17,18)12-6-10(8-19)3-4-13(12)21-5-1-2-11(9-21)7-14(20)22/h3-4,6,11H,1-2,5,7,9H2,(H2,20,22). The van der Waals surface area contributed by atoms with E-state index in [2.05, 4.69) is 0 Å². The second kappa shape index (κ2) is 6.26. The predicted octanol–water partition coefficient (Wildman–Crippen LogP) is 2.67. The van der Waals surface area contributed by atoms with Crippen molar-refractivity contribution in [1.29, 1.82) is 5.26 Å². The van der Waals surface area contributed by atoms with Crippen LogP contribution in [-0.2, 0) is 11.0 Å². The summed E-state index contributed by atoms with van der Waals surface area (Å²) >= 11 is 0. The van der Waals surface area contributed by atoms with Gasteiger partial charge in [0.25, 0.3) is 0 Å². The maximum absolute atomic E-state index is 13.2. The number of nitriles is 1. The van der Waals surface area contributed by atoms with Crippen molar-refractivity contribution >= 4 is 11.6 Å². The number of amides is 1. The number of primary amides is 1. The lowest BCUT2D eigenvalue weighted by Gasteiger charge is -2.35. The maximum atomic E-state index is 13.2. The van der Waals surface area contributed by atoms with Crippen LogP contribution in [0.4, 0.5) is 18.9 Å². The Kier molecular flexibility index (Phi) is 4.59. The van der Waals surface area contributed by atoms with Crippen LogP contribution in [-0.4, -0.2) is 19.0 Å². The fourth-order valence-electron chi connectivity index (χ4n) is 2.84. The van der Waals surface area contributed by atoms with Gasteiger partial charge >= 0.3 is 6.18 Å². The van der Waals surface area contributed by atoms with Crippen LogP contribution in [0.5, 0.6) is 0 Å². The predicted molar refractivity (Wildman–Crippen MR) is 74.9 cm³/mol. The summed E-state index contributed by atoms with van der Waals surface area (Å²) in [6.45, 7) is 0.849. The number of rotatable bonds is 3. The van der Waals surface area contributed by atoms with Gasteiger partial charge in [0.15, 0.2) is 0 Å². The fraction of sp³-hybridized carbons (Fsp3) is 0.467. The van der Waals surface area contributed by atoms with Crippen molar-refractivity contribution < 1.29 is 18.0 Å². The molecule has 0 spiro atoms.